The number of hydrogen-bond donors (Lipinski definition) is 1. The summed E-state index contributed by atoms with van der Waals surface area (Å²) < 4.78 is 10.7. The normalized spacial score (nSPS) is 17.1. The van der Waals surface area contributed by atoms with Crippen LogP contribution >= 0.6 is 23.2 Å². The Morgan fingerprint density at radius 2 is 1.54 bits per heavy atom. The van der Waals surface area contributed by atoms with Crippen molar-refractivity contribution in [1.29, 1.82) is 0 Å². The molecule has 8 heteroatoms. The SMILES string of the molecule is CCc1ccc(C2/C(=C(\O)c3ccc(Cl)c(Cl)c3)C(=O)C(=O)N2c2cc(OC)cc(OC)c2)cc1. The number of rotatable bonds is 6. The van der Waals surface area contributed by atoms with Crippen molar-refractivity contribution in [2.45, 2.75) is 19.4 Å². The Kier molecular flexibility index (Phi) is 7.05. The molecule has 1 N–H and O–H groups in total. The third-order valence-electron chi connectivity index (χ3n) is 5.96. The molecule has 1 atom stereocenters. The Labute approximate surface area is 213 Å². The van der Waals surface area contributed by atoms with Gasteiger partial charge in [-0.3, -0.25) is 14.5 Å². The number of hydrogen-bond acceptors (Lipinski definition) is 5. The van der Waals surface area contributed by atoms with Crippen LogP contribution in [0.3, 0.4) is 0 Å². The number of benzene rings is 3. The number of methoxy groups -OCH3 is 2. The van der Waals surface area contributed by atoms with Gasteiger partial charge in [0.25, 0.3) is 11.7 Å². The number of halogens is 2. The van der Waals surface area contributed by atoms with Gasteiger partial charge in [0.2, 0.25) is 0 Å². The molecule has 0 aliphatic carbocycles. The average Bonchev–Trinajstić information content (AvgIpc) is 3.15. The van der Waals surface area contributed by atoms with Crippen molar-refractivity contribution in [1.82, 2.24) is 0 Å². The van der Waals surface area contributed by atoms with Gasteiger partial charge in [-0.25, -0.2) is 0 Å². The van der Waals surface area contributed by atoms with Gasteiger partial charge in [0.1, 0.15) is 17.3 Å². The minimum Gasteiger partial charge on any atom is -0.507 e. The highest BCUT2D eigenvalue weighted by Crippen LogP contribution is 2.44. The van der Waals surface area contributed by atoms with Gasteiger partial charge in [0.05, 0.1) is 41.6 Å². The zero-order chi connectivity index (χ0) is 25.3. The molecular weight excluding hydrogens is 489 g/mol. The van der Waals surface area contributed by atoms with Gasteiger partial charge < -0.3 is 14.6 Å². The van der Waals surface area contributed by atoms with E-state index in [9.17, 15) is 14.7 Å². The molecule has 0 aromatic heterocycles. The van der Waals surface area contributed by atoms with E-state index >= 15 is 0 Å². The fourth-order valence-corrected chi connectivity index (χ4v) is 4.38. The number of aliphatic hydroxyl groups is 1. The number of carbonyl (C=O) groups excluding carboxylic acids is 2. The van der Waals surface area contributed by atoms with Gasteiger partial charge in [-0.05, 0) is 35.7 Å². The van der Waals surface area contributed by atoms with Gasteiger partial charge in [0, 0.05) is 23.8 Å². The average molecular weight is 512 g/mol. The maximum Gasteiger partial charge on any atom is 0.300 e. The maximum absolute atomic E-state index is 13.4. The standard InChI is InChI=1S/C27H23Cl2NO5/c1-4-15-5-7-16(8-6-15)24-23(25(31)17-9-10-21(28)22(29)11-17)26(32)27(33)30(24)18-12-19(34-2)14-20(13-18)35-3/h5-14,24,31H,4H2,1-3H3/b25-23+. The van der Waals surface area contributed by atoms with Crippen molar-refractivity contribution < 1.29 is 24.2 Å². The van der Waals surface area contributed by atoms with Crippen molar-refractivity contribution in [3.05, 3.63) is 93.0 Å². The summed E-state index contributed by atoms with van der Waals surface area (Å²) >= 11 is 12.2. The number of amides is 1. The zero-order valence-electron chi connectivity index (χ0n) is 19.3. The molecule has 1 aliphatic rings. The van der Waals surface area contributed by atoms with Crippen molar-refractivity contribution >= 4 is 46.3 Å². The fourth-order valence-electron chi connectivity index (χ4n) is 4.08. The Balaban J connectivity index is 1.96. The molecule has 1 fully saturated rings. The fraction of sp³-hybridized carbons (Fsp3) is 0.185. The lowest BCUT2D eigenvalue weighted by Gasteiger charge is -2.26. The molecule has 4 rings (SSSR count). The molecule has 0 saturated carbocycles. The number of ether oxygens (including phenoxy) is 2. The Morgan fingerprint density at radius 3 is 2.09 bits per heavy atom. The van der Waals surface area contributed by atoms with Crippen LogP contribution in [0.4, 0.5) is 5.69 Å². The second kappa shape index (κ2) is 10.0. The summed E-state index contributed by atoms with van der Waals surface area (Å²) in [7, 11) is 3.00. The number of aryl methyl sites for hydroxylation is 1. The number of ketones is 1. The molecule has 35 heavy (non-hydrogen) atoms. The van der Waals surface area contributed by atoms with Crippen LogP contribution in [0.5, 0.6) is 11.5 Å². The molecular formula is C27H23Cl2NO5. The summed E-state index contributed by atoms with van der Waals surface area (Å²) in [6.45, 7) is 2.04. The number of aliphatic hydroxyl groups excluding tert-OH is 1. The van der Waals surface area contributed by atoms with Gasteiger partial charge in [-0.1, -0.05) is 54.4 Å². The summed E-state index contributed by atoms with van der Waals surface area (Å²) in [5.74, 6) is -1.05. The van der Waals surface area contributed by atoms with Crippen LogP contribution in [0.15, 0.2) is 66.2 Å². The van der Waals surface area contributed by atoms with Crippen LogP contribution in [0.1, 0.15) is 29.7 Å². The molecule has 1 saturated heterocycles. The van der Waals surface area contributed by atoms with Crippen LogP contribution in [0.25, 0.3) is 5.76 Å². The lowest BCUT2D eigenvalue weighted by Crippen LogP contribution is -2.29. The predicted molar refractivity (Wildman–Crippen MR) is 137 cm³/mol. The first-order valence-corrected chi connectivity index (χ1v) is 11.6. The summed E-state index contributed by atoms with van der Waals surface area (Å²) in [6.07, 6.45) is 0.830. The molecule has 0 bridgehead atoms. The lowest BCUT2D eigenvalue weighted by molar-refractivity contribution is -0.132. The maximum atomic E-state index is 13.4. The largest absolute Gasteiger partial charge is 0.507 e. The minimum absolute atomic E-state index is 0.0561. The molecule has 180 valence electrons. The predicted octanol–water partition coefficient (Wildman–Crippen LogP) is 6.20. The van der Waals surface area contributed by atoms with Crippen LogP contribution in [-0.4, -0.2) is 31.0 Å². The van der Waals surface area contributed by atoms with Gasteiger partial charge in [0.15, 0.2) is 0 Å². The van der Waals surface area contributed by atoms with E-state index in [0.717, 1.165) is 12.0 Å². The number of nitrogens with zero attached hydrogens (tertiary/aromatic N) is 1. The van der Waals surface area contributed by atoms with E-state index in [2.05, 4.69) is 0 Å². The highest BCUT2D eigenvalue weighted by Gasteiger charge is 2.47. The molecule has 1 unspecified atom stereocenters. The first-order chi connectivity index (χ1) is 16.8. The van der Waals surface area contributed by atoms with E-state index < -0.39 is 17.7 Å². The van der Waals surface area contributed by atoms with Crippen LogP contribution in [0, 0.1) is 0 Å². The smallest absolute Gasteiger partial charge is 0.300 e. The Morgan fingerprint density at radius 1 is 0.914 bits per heavy atom. The monoisotopic (exact) mass is 511 g/mol. The van der Waals surface area contributed by atoms with E-state index in [-0.39, 0.29) is 21.9 Å². The van der Waals surface area contributed by atoms with E-state index in [1.165, 1.54) is 31.3 Å². The third-order valence-corrected chi connectivity index (χ3v) is 6.69. The molecule has 6 nitrogen and oxygen atoms in total. The van der Waals surface area contributed by atoms with Crippen molar-refractivity contribution in [2.24, 2.45) is 0 Å². The summed E-state index contributed by atoms with van der Waals surface area (Å²) in [6, 6.07) is 16.1. The van der Waals surface area contributed by atoms with E-state index in [1.54, 1.807) is 24.3 Å². The van der Waals surface area contributed by atoms with Gasteiger partial charge in [-0.2, -0.15) is 0 Å². The number of anilines is 1. The second-order valence-corrected chi connectivity index (χ2v) is 8.78. The van der Waals surface area contributed by atoms with Gasteiger partial charge in [-0.15, -0.1) is 0 Å². The highest BCUT2D eigenvalue weighted by molar-refractivity contribution is 6.51. The molecule has 0 spiro atoms. The quantitative estimate of drug-likeness (QED) is 0.242. The third kappa shape index (κ3) is 4.59. The molecule has 0 radical (unpaired) electrons. The molecule has 3 aromatic carbocycles. The van der Waals surface area contributed by atoms with Crippen LogP contribution < -0.4 is 14.4 Å². The van der Waals surface area contributed by atoms with E-state index in [1.807, 2.05) is 31.2 Å². The number of Topliss-reactive ketones (excluding diaryl/α,β-unsaturated/α-hetero) is 1. The first kappa shape index (κ1) is 24.6. The number of carbonyl (C=O) groups is 2. The first-order valence-electron chi connectivity index (χ1n) is 10.9. The van der Waals surface area contributed by atoms with E-state index in [4.69, 9.17) is 32.7 Å². The molecule has 3 aromatic rings. The molecule has 1 amide bonds. The molecule has 1 aliphatic heterocycles. The Hall–Kier alpha value is -3.48. The van der Waals surface area contributed by atoms with Crippen LogP contribution in [-0.2, 0) is 16.0 Å². The topological polar surface area (TPSA) is 76.1 Å². The summed E-state index contributed by atoms with van der Waals surface area (Å²) in [5.41, 5.74) is 2.36. The minimum atomic E-state index is -0.896. The lowest BCUT2D eigenvalue weighted by atomic mass is 9.94. The Bertz CT molecular complexity index is 1310. The van der Waals surface area contributed by atoms with Crippen molar-refractivity contribution in [3.8, 4) is 11.5 Å². The summed E-state index contributed by atoms with van der Waals surface area (Å²) in [5, 5.41) is 11.8. The molecule has 1 heterocycles. The second-order valence-electron chi connectivity index (χ2n) is 7.96. The highest BCUT2D eigenvalue weighted by atomic mass is 35.5. The van der Waals surface area contributed by atoms with Crippen molar-refractivity contribution in [3.63, 3.8) is 0 Å². The van der Waals surface area contributed by atoms with Gasteiger partial charge >= 0.3 is 0 Å². The summed E-state index contributed by atoms with van der Waals surface area (Å²) in [4.78, 5) is 28.1. The van der Waals surface area contributed by atoms with Crippen molar-refractivity contribution in [2.75, 3.05) is 19.1 Å². The van der Waals surface area contributed by atoms with Crippen LogP contribution in [0.2, 0.25) is 10.0 Å². The van der Waals surface area contributed by atoms with E-state index in [0.29, 0.717) is 27.8 Å². The zero-order valence-corrected chi connectivity index (χ0v) is 20.9.